The summed E-state index contributed by atoms with van der Waals surface area (Å²) in [6.45, 7) is 2.17. The van der Waals surface area contributed by atoms with E-state index in [1.165, 1.54) is 0 Å². The first-order valence-electron chi connectivity index (χ1n) is 5.12. The lowest BCUT2D eigenvalue weighted by Crippen LogP contribution is -2.18. The summed E-state index contributed by atoms with van der Waals surface area (Å²) in [5.41, 5.74) is 1.05. The molecule has 0 saturated carbocycles. The van der Waals surface area contributed by atoms with Crippen LogP contribution in [0.4, 0.5) is 5.95 Å². The lowest BCUT2D eigenvalue weighted by Gasteiger charge is -2.12. The van der Waals surface area contributed by atoms with Gasteiger partial charge in [-0.05, 0) is 18.9 Å². The third kappa shape index (κ3) is 2.53. The van der Waals surface area contributed by atoms with Crippen molar-refractivity contribution in [2.75, 3.05) is 11.9 Å². The van der Waals surface area contributed by atoms with E-state index in [0.29, 0.717) is 5.95 Å². The van der Waals surface area contributed by atoms with E-state index < -0.39 is 0 Å². The van der Waals surface area contributed by atoms with Crippen LogP contribution in [0.15, 0.2) is 24.5 Å². The van der Waals surface area contributed by atoms with Gasteiger partial charge in [-0.2, -0.15) is 0 Å². The standard InChI is InChI=1S/C11H15N3O/c1-8-5-12-11(13-6-8)14-10-3-2-9(4-10)7-15/h2-3,5-6,9-10,15H,4,7H2,1H3,(H,12,13,14)/t9-,10+/m1/s1. The third-order valence-electron chi connectivity index (χ3n) is 2.50. The lowest BCUT2D eigenvalue weighted by molar-refractivity contribution is 0.250. The van der Waals surface area contributed by atoms with Gasteiger partial charge < -0.3 is 10.4 Å². The van der Waals surface area contributed by atoms with Crippen molar-refractivity contribution in [1.29, 1.82) is 0 Å². The highest BCUT2D eigenvalue weighted by Gasteiger charge is 2.18. The first-order valence-corrected chi connectivity index (χ1v) is 5.12. The number of nitrogens with zero attached hydrogens (tertiary/aromatic N) is 2. The molecule has 0 aliphatic heterocycles. The Morgan fingerprint density at radius 3 is 2.73 bits per heavy atom. The molecule has 0 saturated heterocycles. The third-order valence-corrected chi connectivity index (χ3v) is 2.50. The SMILES string of the molecule is Cc1cnc(N[C@H]2C=C[C@@H](CO)C2)nc1. The highest BCUT2D eigenvalue weighted by molar-refractivity contribution is 5.30. The van der Waals surface area contributed by atoms with Gasteiger partial charge in [-0.1, -0.05) is 12.2 Å². The minimum absolute atomic E-state index is 0.212. The van der Waals surface area contributed by atoms with Crippen LogP contribution in [0.2, 0.25) is 0 Å². The number of aliphatic hydroxyl groups excluding tert-OH is 1. The van der Waals surface area contributed by atoms with Gasteiger partial charge in [-0.25, -0.2) is 9.97 Å². The van der Waals surface area contributed by atoms with Crippen molar-refractivity contribution in [2.45, 2.75) is 19.4 Å². The molecule has 15 heavy (non-hydrogen) atoms. The molecule has 2 N–H and O–H groups in total. The zero-order valence-electron chi connectivity index (χ0n) is 8.72. The molecule has 0 unspecified atom stereocenters. The second-order valence-electron chi connectivity index (χ2n) is 3.90. The minimum atomic E-state index is 0.212. The Labute approximate surface area is 89.1 Å². The summed E-state index contributed by atoms with van der Waals surface area (Å²) in [5.74, 6) is 0.918. The summed E-state index contributed by atoms with van der Waals surface area (Å²) in [4.78, 5) is 8.35. The summed E-state index contributed by atoms with van der Waals surface area (Å²) in [6, 6.07) is 0.241. The lowest BCUT2D eigenvalue weighted by atomic mass is 10.1. The molecule has 2 atom stereocenters. The molecule has 0 radical (unpaired) electrons. The summed E-state index contributed by atoms with van der Waals surface area (Å²) in [5, 5.41) is 12.2. The van der Waals surface area contributed by atoms with Crippen molar-refractivity contribution in [3.8, 4) is 0 Å². The number of anilines is 1. The molecule has 4 nitrogen and oxygen atoms in total. The molecule has 0 spiro atoms. The van der Waals surface area contributed by atoms with Crippen LogP contribution in [0.3, 0.4) is 0 Å². The minimum Gasteiger partial charge on any atom is -0.396 e. The smallest absolute Gasteiger partial charge is 0.223 e. The first kappa shape index (κ1) is 10.1. The predicted molar refractivity (Wildman–Crippen MR) is 58.5 cm³/mol. The Balaban J connectivity index is 1.93. The molecular formula is C11H15N3O. The van der Waals surface area contributed by atoms with Crippen molar-refractivity contribution in [2.24, 2.45) is 5.92 Å². The van der Waals surface area contributed by atoms with Gasteiger partial charge in [-0.15, -0.1) is 0 Å². The maximum Gasteiger partial charge on any atom is 0.223 e. The van der Waals surface area contributed by atoms with E-state index in [9.17, 15) is 0 Å². The summed E-state index contributed by atoms with van der Waals surface area (Å²) < 4.78 is 0. The number of aliphatic hydroxyl groups is 1. The molecular weight excluding hydrogens is 190 g/mol. The van der Waals surface area contributed by atoms with E-state index in [2.05, 4.69) is 21.4 Å². The van der Waals surface area contributed by atoms with Crippen LogP contribution < -0.4 is 5.32 Å². The second kappa shape index (κ2) is 4.40. The zero-order valence-corrected chi connectivity index (χ0v) is 8.72. The largest absolute Gasteiger partial charge is 0.396 e. The average molecular weight is 205 g/mol. The van der Waals surface area contributed by atoms with Gasteiger partial charge in [0.25, 0.3) is 0 Å². The molecule has 1 aromatic heterocycles. The molecule has 0 aromatic carbocycles. The van der Waals surface area contributed by atoms with Gasteiger partial charge in [0.05, 0.1) is 0 Å². The Morgan fingerprint density at radius 1 is 1.40 bits per heavy atom. The molecule has 1 heterocycles. The van der Waals surface area contributed by atoms with Gasteiger partial charge in [0.2, 0.25) is 5.95 Å². The normalized spacial score (nSPS) is 24.4. The van der Waals surface area contributed by atoms with E-state index in [-0.39, 0.29) is 18.6 Å². The molecule has 0 amide bonds. The van der Waals surface area contributed by atoms with Gasteiger partial charge >= 0.3 is 0 Å². The Kier molecular flexibility index (Phi) is 2.97. The average Bonchev–Trinajstić information content (AvgIpc) is 2.69. The molecule has 2 rings (SSSR count). The number of aromatic nitrogens is 2. The Morgan fingerprint density at radius 2 is 2.13 bits per heavy atom. The van der Waals surface area contributed by atoms with Gasteiger partial charge in [0.1, 0.15) is 0 Å². The molecule has 0 fully saturated rings. The van der Waals surface area contributed by atoms with E-state index in [4.69, 9.17) is 5.11 Å². The Hall–Kier alpha value is -1.42. The van der Waals surface area contributed by atoms with Crippen LogP contribution >= 0.6 is 0 Å². The highest BCUT2D eigenvalue weighted by atomic mass is 16.3. The number of hydrogen-bond acceptors (Lipinski definition) is 4. The second-order valence-corrected chi connectivity index (χ2v) is 3.90. The monoisotopic (exact) mass is 205 g/mol. The van der Waals surface area contributed by atoms with E-state index in [1.54, 1.807) is 12.4 Å². The summed E-state index contributed by atoms with van der Waals surface area (Å²) >= 11 is 0. The molecule has 1 aliphatic carbocycles. The van der Waals surface area contributed by atoms with Crippen LogP contribution in [0.5, 0.6) is 0 Å². The Bertz CT molecular complexity index is 347. The first-order chi connectivity index (χ1) is 7.28. The quantitative estimate of drug-likeness (QED) is 0.726. The zero-order chi connectivity index (χ0) is 10.7. The van der Waals surface area contributed by atoms with Crippen LogP contribution in [0.1, 0.15) is 12.0 Å². The fourth-order valence-corrected chi connectivity index (χ4v) is 1.65. The van der Waals surface area contributed by atoms with Crippen molar-refractivity contribution in [3.63, 3.8) is 0 Å². The van der Waals surface area contributed by atoms with E-state index >= 15 is 0 Å². The number of aryl methyl sites for hydroxylation is 1. The fraction of sp³-hybridized carbons (Fsp3) is 0.455. The number of rotatable bonds is 3. The van der Waals surface area contributed by atoms with E-state index in [0.717, 1.165) is 12.0 Å². The number of nitrogens with one attached hydrogen (secondary N) is 1. The van der Waals surface area contributed by atoms with Gasteiger partial charge in [0, 0.05) is 31.0 Å². The van der Waals surface area contributed by atoms with Crippen LogP contribution in [0, 0.1) is 12.8 Å². The maximum absolute atomic E-state index is 8.98. The van der Waals surface area contributed by atoms with Crippen molar-refractivity contribution < 1.29 is 5.11 Å². The summed E-state index contributed by atoms with van der Waals surface area (Å²) in [6.07, 6.45) is 8.58. The molecule has 1 aromatic rings. The highest BCUT2D eigenvalue weighted by Crippen LogP contribution is 2.19. The topological polar surface area (TPSA) is 58.0 Å². The van der Waals surface area contributed by atoms with Crippen molar-refractivity contribution in [3.05, 3.63) is 30.1 Å². The van der Waals surface area contributed by atoms with Crippen LogP contribution in [-0.2, 0) is 0 Å². The molecule has 4 heteroatoms. The molecule has 0 bridgehead atoms. The van der Waals surface area contributed by atoms with Crippen molar-refractivity contribution >= 4 is 5.95 Å². The van der Waals surface area contributed by atoms with Gasteiger partial charge in [0.15, 0.2) is 0 Å². The van der Waals surface area contributed by atoms with Crippen LogP contribution in [0.25, 0.3) is 0 Å². The molecule has 1 aliphatic rings. The van der Waals surface area contributed by atoms with Crippen LogP contribution in [-0.4, -0.2) is 27.7 Å². The number of hydrogen-bond donors (Lipinski definition) is 2. The fourth-order valence-electron chi connectivity index (χ4n) is 1.65. The summed E-state index contributed by atoms with van der Waals surface area (Å²) in [7, 11) is 0. The predicted octanol–water partition coefficient (Wildman–Crippen LogP) is 1.13. The maximum atomic E-state index is 8.98. The van der Waals surface area contributed by atoms with Gasteiger partial charge in [-0.3, -0.25) is 0 Å². The van der Waals surface area contributed by atoms with E-state index in [1.807, 2.05) is 13.0 Å². The van der Waals surface area contributed by atoms with Crippen molar-refractivity contribution in [1.82, 2.24) is 9.97 Å². The molecule has 80 valence electrons.